The molecular formula is C24H29NO. The van der Waals surface area contributed by atoms with Crippen molar-refractivity contribution in [3.63, 3.8) is 0 Å². The maximum atomic E-state index is 11.3. The van der Waals surface area contributed by atoms with Gasteiger partial charge in [0.25, 0.3) is 0 Å². The number of likely N-dealkylation sites (tertiary alicyclic amines) is 1. The number of rotatable bonds is 3. The number of hydrogen-bond donors (Lipinski definition) is 1. The van der Waals surface area contributed by atoms with Crippen LogP contribution in [0, 0.1) is 5.92 Å². The summed E-state index contributed by atoms with van der Waals surface area (Å²) in [7, 11) is 0. The minimum Gasteiger partial charge on any atom is -0.393 e. The number of aliphatic hydroxyl groups is 1. The summed E-state index contributed by atoms with van der Waals surface area (Å²) in [6, 6.07) is 21.9. The van der Waals surface area contributed by atoms with Crippen LogP contribution in [0.15, 0.2) is 60.7 Å². The highest BCUT2D eigenvalue weighted by Crippen LogP contribution is 2.60. The van der Waals surface area contributed by atoms with E-state index < -0.39 is 0 Å². The summed E-state index contributed by atoms with van der Waals surface area (Å²) in [6.45, 7) is 2.42. The van der Waals surface area contributed by atoms with Crippen LogP contribution in [0.25, 0.3) is 0 Å². The monoisotopic (exact) mass is 347 g/mol. The smallest absolute Gasteiger partial charge is 0.0597 e. The topological polar surface area (TPSA) is 23.5 Å². The van der Waals surface area contributed by atoms with Crippen LogP contribution in [0.5, 0.6) is 0 Å². The molecule has 2 aromatic rings. The van der Waals surface area contributed by atoms with Crippen LogP contribution < -0.4 is 0 Å². The maximum Gasteiger partial charge on any atom is 0.0597 e. The van der Waals surface area contributed by atoms with E-state index in [1.165, 1.54) is 49.9 Å². The van der Waals surface area contributed by atoms with Crippen LogP contribution in [0.1, 0.15) is 55.1 Å². The van der Waals surface area contributed by atoms with Crippen molar-refractivity contribution in [1.29, 1.82) is 0 Å². The Kier molecular flexibility index (Phi) is 4.14. The minimum atomic E-state index is -0.200. The zero-order valence-corrected chi connectivity index (χ0v) is 15.4. The predicted molar refractivity (Wildman–Crippen MR) is 105 cm³/mol. The van der Waals surface area contributed by atoms with Crippen molar-refractivity contribution < 1.29 is 5.11 Å². The first-order chi connectivity index (χ1) is 12.8. The molecule has 2 heteroatoms. The Labute approximate surface area is 156 Å². The van der Waals surface area contributed by atoms with Crippen LogP contribution in [-0.4, -0.2) is 34.7 Å². The van der Waals surface area contributed by atoms with Crippen molar-refractivity contribution >= 4 is 0 Å². The van der Waals surface area contributed by atoms with Crippen LogP contribution in [0.2, 0.25) is 0 Å². The molecule has 136 valence electrons. The molecule has 0 amide bonds. The Bertz CT molecular complexity index is 688. The molecule has 1 N–H and O–H groups in total. The summed E-state index contributed by atoms with van der Waals surface area (Å²) in [5, 5.41) is 11.3. The molecule has 6 rings (SSSR count). The fourth-order valence-corrected chi connectivity index (χ4v) is 6.34. The predicted octanol–water partition coefficient (Wildman–Crippen LogP) is 4.56. The lowest BCUT2D eigenvalue weighted by Gasteiger charge is -2.60. The second kappa shape index (κ2) is 6.51. The lowest BCUT2D eigenvalue weighted by molar-refractivity contribution is -0.0988. The maximum absolute atomic E-state index is 11.3. The molecule has 0 aromatic heterocycles. The molecule has 5 atom stereocenters. The summed E-state index contributed by atoms with van der Waals surface area (Å²) in [4.78, 5) is 2.73. The third-order valence-electron chi connectivity index (χ3n) is 7.39. The third-order valence-corrected chi connectivity index (χ3v) is 7.39. The molecule has 3 aliphatic carbocycles. The van der Waals surface area contributed by atoms with Gasteiger partial charge in [-0.1, -0.05) is 60.7 Å². The van der Waals surface area contributed by atoms with Gasteiger partial charge in [-0.3, -0.25) is 4.90 Å². The molecule has 26 heavy (non-hydrogen) atoms. The van der Waals surface area contributed by atoms with E-state index in [1.54, 1.807) is 0 Å². The zero-order valence-electron chi connectivity index (χ0n) is 15.4. The molecule has 2 nitrogen and oxygen atoms in total. The van der Waals surface area contributed by atoms with Gasteiger partial charge in [0, 0.05) is 5.54 Å². The van der Waals surface area contributed by atoms with Crippen LogP contribution >= 0.6 is 0 Å². The molecule has 0 spiro atoms. The lowest BCUT2D eigenvalue weighted by Crippen LogP contribution is -2.62. The number of benzene rings is 2. The van der Waals surface area contributed by atoms with Gasteiger partial charge in [0.15, 0.2) is 0 Å². The van der Waals surface area contributed by atoms with Crippen molar-refractivity contribution in [3.8, 4) is 0 Å². The molecule has 2 unspecified atom stereocenters. The summed E-state index contributed by atoms with van der Waals surface area (Å²) >= 11 is 0. The average molecular weight is 348 g/mol. The van der Waals surface area contributed by atoms with E-state index >= 15 is 0 Å². The number of aliphatic hydroxyl groups excluding tert-OH is 1. The highest BCUT2D eigenvalue weighted by atomic mass is 16.3. The van der Waals surface area contributed by atoms with Gasteiger partial charge in [-0.15, -0.1) is 0 Å². The van der Waals surface area contributed by atoms with Gasteiger partial charge in [-0.05, 0) is 74.1 Å². The molecule has 3 saturated carbocycles. The second-order valence-corrected chi connectivity index (χ2v) is 8.71. The van der Waals surface area contributed by atoms with E-state index in [-0.39, 0.29) is 11.6 Å². The van der Waals surface area contributed by atoms with E-state index in [2.05, 4.69) is 65.6 Å². The van der Waals surface area contributed by atoms with E-state index in [0.29, 0.717) is 17.8 Å². The van der Waals surface area contributed by atoms with Crippen LogP contribution in [-0.2, 0) is 0 Å². The standard InChI is InChI=1S/C24H29NO/c26-22-17-24(25-13-7-8-14-25)15-20(18-9-3-1-4-10-18)23(22)21(16-24)19-11-5-2-6-12-19/h1-6,9-12,20-23,26H,7-8,13-17H2/t20-,21+,22-,23?,24?/m1/s1. The number of hydrogen-bond acceptors (Lipinski definition) is 2. The van der Waals surface area contributed by atoms with Crippen LogP contribution in [0.3, 0.4) is 0 Å². The molecule has 4 fully saturated rings. The SMILES string of the molecule is O[C@@H]1CC2(N3CCCC3)C[C@H](c3ccccc3)C1[C@H](c1ccccc1)C2. The quantitative estimate of drug-likeness (QED) is 0.879. The van der Waals surface area contributed by atoms with E-state index in [0.717, 1.165) is 6.42 Å². The summed E-state index contributed by atoms with van der Waals surface area (Å²) < 4.78 is 0. The van der Waals surface area contributed by atoms with Gasteiger partial charge in [0.05, 0.1) is 6.10 Å². The Morgan fingerprint density at radius 3 is 1.73 bits per heavy atom. The number of nitrogens with zero attached hydrogens (tertiary/aromatic N) is 1. The molecular weight excluding hydrogens is 318 g/mol. The van der Waals surface area contributed by atoms with Crippen molar-refractivity contribution in [2.45, 2.75) is 55.6 Å². The summed E-state index contributed by atoms with van der Waals surface area (Å²) in [6.07, 6.45) is 5.81. The highest BCUT2D eigenvalue weighted by molar-refractivity contribution is 5.32. The molecule has 1 aliphatic heterocycles. The molecule has 1 saturated heterocycles. The largest absolute Gasteiger partial charge is 0.393 e. The third kappa shape index (κ3) is 2.62. The van der Waals surface area contributed by atoms with E-state index in [1.807, 2.05) is 0 Å². The lowest BCUT2D eigenvalue weighted by atomic mass is 9.51. The van der Waals surface area contributed by atoms with Crippen molar-refractivity contribution in [2.75, 3.05) is 13.1 Å². The Morgan fingerprint density at radius 1 is 0.731 bits per heavy atom. The zero-order chi connectivity index (χ0) is 17.6. The average Bonchev–Trinajstić information content (AvgIpc) is 3.25. The Morgan fingerprint density at radius 2 is 1.23 bits per heavy atom. The first-order valence-corrected chi connectivity index (χ1v) is 10.3. The van der Waals surface area contributed by atoms with Gasteiger partial charge < -0.3 is 5.11 Å². The Balaban J connectivity index is 1.59. The first-order valence-electron chi connectivity index (χ1n) is 10.3. The van der Waals surface area contributed by atoms with Gasteiger partial charge >= 0.3 is 0 Å². The fourth-order valence-electron chi connectivity index (χ4n) is 6.34. The van der Waals surface area contributed by atoms with Crippen molar-refractivity contribution in [1.82, 2.24) is 4.90 Å². The molecule has 2 bridgehead atoms. The van der Waals surface area contributed by atoms with Gasteiger partial charge in [0.1, 0.15) is 0 Å². The molecule has 0 radical (unpaired) electrons. The second-order valence-electron chi connectivity index (χ2n) is 8.71. The summed E-state index contributed by atoms with van der Waals surface area (Å²) in [5.41, 5.74) is 3.01. The van der Waals surface area contributed by atoms with Crippen molar-refractivity contribution in [3.05, 3.63) is 71.8 Å². The molecule has 1 heterocycles. The van der Waals surface area contributed by atoms with E-state index in [4.69, 9.17) is 0 Å². The Hall–Kier alpha value is -1.64. The molecule has 4 aliphatic rings. The highest BCUT2D eigenvalue weighted by Gasteiger charge is 2.57. The van der Waals surface area contributed by atoms with Gasteiger partial charge in [-0.2, -0.15) is 0 Å². The fraction of sp³-hybridized carbons (Fsp3) is 0.500. The van der Waals surface area contributed by atoms with Crippen molar-refractivity contribution in [2.24, 2.45) is 5.92 Å². The van der Waals surface area contributed by atoms with Gasteiger partial charge in [-0.25, -0.2) is 0 Å². The molecule has 2 aromatic carbocycles. The minimum absolute atomic E-state index is 0.172. The van der Waals surface area contributed by atoms with E-state index in [9.17, 15) is 5.11 Å². The normalized spacial score (nSPS) is 37.1. The van der Waals surface area contributed by atoms with Gasteiger partial charge in [0.2, 0.25) is 0 Å². The van der Waals surface area contributed by atoms with Crippen LogP contribution in [0.4, 0.5) is 0 Å². The summed E-state index contributed by atoms with van der Waals surface area (Å²) in [5.74, 6) is 1.25. The number of fused-ring (bicyclic) bond motifs is 3. The first kappa shape index (κ1) is 16.5.